The first-order valence-corrected chi connectivity index (χ1v) is 8.39. The zero-order valence-corrected chi connectivity index (χ0v) is 14.3. The van der Waals surface area contributed by atoms with Gasteiger partial charge in [-0.3, -0.25) is 0 Å². The quantitative estimate of drug-likeness (QED) is 0.541. The van der Waals surface area contributed by atoms with Crippen molar-refractivity contribution in [2.24, 2.45) is 0 Å². The lowest BCUT2D eigenvalue weighted by atomic mass is 10.2. The first-order valence-electron chi connectivity index (χ1n) is 6.91. The van der Waals surface area contributed by atoms with Gasteiger partial charge >= 0.3 is 12.1 Å². The van der Waals surface area contributed by atoms with Gasteiger partial charge in [-0.05, 0) is 45.0 Å². The van der Waals surface area contributed by atoms with Crippen molar-refractivity contribution in [3.8, 4) is 0 Å². The lowest BCUT2D eigenvalue weighted by Gasteiger charge is -2.20. The van der Waals surface area contributed by atoms with E-state index in [9.17, 15) is 23.1 Å². The Morgan fingerprint density at radius 2 is 1.75 bits per heavy atom. The SMILES string of the molecule is CC(C)(C)OC(=O)NCC(O)NS(=O)(=O)c1ccc(C(=O)O)cc1. The number of nitrogens with one attached hydrogen (secondary N) is 2. The lowest BCUT2D eigenvalue weighted by molar-refractivity contribution is 0.0486. The number of sulfonamides is 1. The number of amides is 1. The second-order valence-corrected chi connectivity index (χ2v) is 7.56. The van der Waals surface area contributed by atoms with E-state index in [1.54, 1.807) is 20.8 Å². The molecule has 0 bridgehead atoms. The molecule has 1 aromatic carbocycles. The summed E-state index contributed by atoms with van der Waals surface area (Å²) in [5.74, 6) is -1.19. The molecule has 9 nitrogen and oxygen atoms in total. The highest BCUT2D eigenvalue weighted by Crippen LogP contribution is 2.11. The Morgan fingerprint density at radius 1 is 1.21 bits per heavy atom. The van der Waals surface area contributed by atoms with Crippen LogP contribution in [-0.4, -0.2) is 49.1 Å². The fraction of sp³-hybridized carbons (Fsp3) is 0.429. The molecule has 0 spiro atoms. The van der Waals surface area contributed by atoms with Crippen molar-refractivity contribution < 1.29 is 33.0 Å². The van der Waals surface area contributed by atoms with Gasteiger partial charge in [0.2, 0.25) is 10.0 Å². The number of aromatic carboxylic acids is 1. The van der Waals surface area contributed by atoms with Crippen molar-refractivity contribution in [2.75, 3.05) is 6.54 Å². The van der Waals surface area contributed by atoms with Crippen molar-refractivity contribution in [3.05, 3.63) is 29.8 Å². The molecular weight excluding hydrogens is 340 g/mol. The highest BCUT2D eigenvalue weighted by molar-refractivity contribution is 7.89. The zero-order valence-electron chi connectivity index (χ0n) is 13.4. The Labute approximate surface area is 139 Å². The second kappa shape index (κ2) is 7.60. The normalized spacial score (nSPS) is 13.2. The van der Waals surface area contributed by atoms with E-state index in [0.717, 1.165) is 24.3 Å². The molecule has 1 rings (SSSR count). The van der Waals surface area contributed by atoms with E-state index in [1.165, 1.54) is 0 Å². The number of hydrogen-bond donors (Lipinski definition) is 4. The minimum Gasteiger partial charge on any atom is -0.478 e. The minimum absolute atomic E-state index is 0.0684. The van der Waals surface area contributed by atoms with Gasteiger partial charge in [0.15, 0.2) is 0 Å². The molecule has 0 saturated heterocycles. The van der Waals surface area contributed by atoms with Crippen molar-refractivity contribution in [1.29, 1.82) is 0 Å². The highest BCUT2D eigenvalue weighted by Gasteiger charge is 2.21. The lowest BCUT2D eigenvalue weighted by Crippen LogP contribution is -2.44. The van der Waals surface area contributed by atoms with Gasteiger partial charge in [-0.2, -0.15) is 4.72 Å². The molecule has 4 N–H and O–H groups in total. The number of carboxylic acid groups (broad SMARTS) is 1. The molecule has 1 atom stereocenters. The topological polar surface area (TPSA) is 142 Å². The maximum atomic E-state index is 12.0. The summed E-state index contributed by atoms with van der Waals surface area (Å²) in [5.41, 5.74) is -0.790. The number of aliphatic hydroxyl groups is 1. The predicted molar refractivity (Wildman–Crippen MR) is 84.0 cm³/mol. The van der Waals surface area contributed by atoms with Gasteiger partial charge in [-0.15, -0.1) is 0 Å². The van der Waals surface area contributed by atoms with E-state index < -0.39 is 40.5 Å². The van der Waals surface area contributed by atoms with E-state index >= 15 is 0 Å². The number of ether oxygens (including phenoxy) is 1. The van der Waals surface area contributed by atoms with Gasteiger partial charge in [0.1, 0.15) is 11.8 Å². The van der Waals surface area contributed by atoms with Crippen LogP contribution < -0.4 is 10.0 Å². The van der Waals surface area contributed by atoms with E-state index in [-0.39, 0.29) is 10.5 Å². The minimum atomic E-state index is -4.07. The van der Waals surface area contributed by atoms with Crippen LogP contribution in [0.5, 0.6) is 0 Å². The van der Waals surface area contributed by atoms with Crippen LogP contribution in [0.3, 0.4) is 0 Å². The van der Waals surface area contributed by atoms with E-state index in [0.29, 0.717) is 0 Å². The summed E-state index contributed by atoms with van der Waals surface area (Å²) >= 11 is 0. The number of aliphatic hydroxyl groups excluding tert-OH is 1. The average molecular weight is 360 g/mol. The Hall–Kier alpha value is -2.17. The smallest absolute Gasteiger partial charge is 0.407 e. The molecule has 1 amide bonds. The predicted octanol–water partition coefficient (Wildman–Crippen LogP) is 0.506. The number of carbonyl (C=O) groups is 2. The van der Waals surface area contributed by atoms with E-state index in [1.807, 2.05) is 4.72 Å². The van der Waals surface area contributed by atoms with Gasteiger partial charge in [0, 0.05) is 0 Å². The molecular formula is C14H20N2O7S. The number of hydrogen-bond acceptors (Lipinski definition) is 6. The number of alkyl carbamates (subject to hydrolysis) is 1. The number of carboxylic acids is 1. The van der Waals surface area contributed by atoms with Crippen LogP contribution in [0.15, 0.2) is 29.2 Å². The first-order chi connectivity index (χ1) is 10.9. The average Bonchev–Trinajstić information content (AvgIpc) is 2.43. The number of benzene rings is 1. The van der Waals surface area contributed by atoms with Crippen LogP contribution in [0.2, 0.25) is 0 Å². The third-order valence-electron chi connectivity index (χ3n) is 2.54. The first kappa shape index (κ1) is 19.9. The summed E-state index contributed by atoms with van der Waals surface area (Å²) in [4.78, 5) is 21.9. The molecule has 0 saturated carbocycles. The summed E-state index contributed by atoms with van der Waals surface area (Å²) in [6.07, 6.45) is -2.38. The van der Waals surface area contributed by atoms with E-state index in [2.05, 4.69) is 5.32 Å². The summed E-state index contributed by atoms with van der Waals surface area (Å²) in [5, 5.41) is 20.7. The molecule has 0 aliphatic carbocycles. The van der Waals surface area contributed by atoms with E-state index in [4.69, 9.17) is 9.84 Å². The molecule has 0 aromatic heterocycles. The zero-order chi connectivity index (χ0) is 18.5. The molecule has 134 valence electrons. The fourth-order valence-corrected chi connectivity index (χ4v) is 2.63. The molecule has 0 fully saturated rings. The molecule has 0 heterocycles. The Balaban J connectivity index is 2.63. The molecule has 0 radical (unpaired) electrons. The van der Waals surface area contributed by atoms with Crippen LogP contribution in [-0.2, 0) is 14.8 Å². The van der Waals surface area contributed by atoms with Crippen molar-refractivity contribution >= 4 is 22.1 Å². The highest BCUT2D eigenvalue weighted by atomic mass is 32.2. The Kier molecular flexibility index (Phi) is 6.29. The Morgan fingerprint density at radius 3 is 2.21 bits per heavy atom. The van der Waals surface area contributed by atoms with Crippen LogP contribution >= 0.6 is 0 Å². The molecule has 0 aliphatic rings. The molecule has 10 heteroatoms. The van der Waals surface area contributed by atoms with Crippen molar-refractivity contribution in [3.63, 3.8) is 0 Å². The second-order valence-electron chi connectivity index (χ2n) is 5.85. The van der Waals surface area contributed by atoms with Gasteiger partial charge in [-0.1, -0.05) is 0 Å². The standard InChI is InChI=1S/C14H20N2O7S/c1-14(2,3)23-13(20)15-8-11(17)16-24(21,22)10-6-4-9(5-7-10)12(18)19/h4-7,11,16-17H,8H2,1-3H3,(H,15,20)(H,18,19). The molecule has 24 heavy (non-hydrogen) atoms. The van der Waals surface area contributed by atoms with Crippen LogP contribution in [0.25, 0.3) is 0 Å². The summed E-state index contributed by atoms with van der Waals surface area (Å²) in [7, 11) is -4.07. The molecule has 1 unspecified atom stereocenters. The third kappa shape index (κ3) is 6.52. The summed E-state index contributed by atoms with van der Waals surface area (Å²) < 4.78 is 31.0. The van der Waals surface area contributed by atoms with Gasteiger partial charge in [0.25, 0.3) is 0 Å². The Bertz CT molecular complexity index is 693. The summed E-state index contributed by atoms with van der Waals surface area (Å²) in [6, 6.07) is 4.45. The van der Waals surface area contributed by atoms with Gasteiger partial charge in [0.05, 0.1) is 17.0 Å². The summed E-state index contributed by atoms with van der Waals surface area (Å²) in [6.45, 7) is 4.58. The van der Waals surface area contributed by atoms with Crippen molar-refractivity contribution in [1.82, 2.24) is 10.0 Å². The fourth-order valence-electron chi connectivity index (χ4n) is 1.56. The van der Waals surface area contributed by atoms with Crippen LogP contribution in [0.4, 0.5) is 4.79 Å². The number of rotatable bonds is 6. The van der Waals surface area contributed by atoms with Crippen LogP contribution in [0.1, 0.15) is 31.1 Å². The number of carbonyl (C=O) groups excluding carboxylic acids is 1. The monoisotopic (exact) mass is 360 g/mol. The maximum absolute atomic E-state index is 12.0. The van der Waals surface area contributed by atoms with Gasteiger partial charge < -0.3 is 20.3 Å². The largest absolute Gasteiger partial charge is 0.478 e. The van der Waals surface area contributed by atoms with Crippen molar-refractivity contribution in [2.45, 2.75) is 37.5 Å². The molecule has 1 aromatic rings. The maximum Gasteiger partial charge on any atom is 0.407 e. The van der Waals surface area contributed by atoms with Crippen LogP contribution in [0, 0.1) is 0 Å². The third-order valence-corrected chi connectivity index (χ3v) is 4.02. The molecule has 0 aliphatic heterocycles. The van der Waals surface area contributed by atoms with Gasteiger partial charge in [-0.25, -0.2) is 18.0 Å².